The standard InChI is InChI=1S/C12H18ClNO2/c1-3-16-8-4-7-14-10-5-6-11(13)12(9-10)15-2/h5-6,9,14H,3-4,7-8H2,1-2H3. The highest BCUT2D eigenvalue weighted by Gasteiger charge is 2.00. The van der Waals surface area contributed by atoms with Crippen LogP contribution < -0.4 is 10.1 Å². The summed E-state index contributed by atoms with van der Waals surface area (Å²) in [5.74, 6) is 0.691. The molecule has 90 valence electrons. The first-order valence-electron chi connectivity index (χ1n) is 5.43. The number of rotatable bonds is 7. The van der Waals surface area contributed by atoms with Crippen LogP contribution in [-0.4, -0.2) is 26.9 Å². The molecule has 0 amide bonds. The fourth-order valence-electron chi connectivity index (χ4n) is 1.32. The van der Waals surface area contributed by atoms with Gasteiger partial charge in [-0.2, -0.15) is 0 Å². The van der Waals surface area contributed by atoms with Crippen LogP contribution in [0.4, 0.5) is 5.69 Å². The monoisotopic (exact) mass is 243 g/mol. The van der Waals surface area contributed by atoms with Crippen molar-refractivity contribution < 1.29 is 9.47 Å². The molecule has 0 saturated heterocycles. The maximum Gasteiger partial charge on any atom is 0.139 e. The summed E-state index contributed by atoms with van der Waals surface area (Å²) in [6.07, 6.45) is 0.985. The smallest absolute Gasteiger partial charge is 0.139 e. The molecule has 0 atom stereocenters. The highest BCUT2D eigenvalue weighted by atomic mass is 35.5. The van der Waals surface area contributed by atoms with Crippen molar-refractivity contribution in [3.8, 4) is 5.75 Å². The Bertz CT molecular complexity index is 318. The molecule has 0 bridgehead atoms. The highest BCUT2D eigenvalue weighted by molar-refractivity contribution is 6.32. The van der Waals surface area contributed by atoms with Gasteiger partial charge in [-0.15, -0.1) is 0 Å². The van der Waals surface area contributed by atoms with Crippen LogP contribution in [0.2, 0.25) is 5.02 Å². The Balaban J connectivity index is 2.36. The van der Waals surface area contributed by atoms with Gasteiger partial charge in [-0.05, 0) is 25.5 Å². The molecule has 0 fully saturated rings. The number of anilines is 1. The third kappa shape index (κ3) is 4.29. The van der Waals surface area contributed by atoms with Crippen molar-refractivity contribution in [3.05, 3.63) is 23.2 Å². The van der Waals surface area contributed by atoms with E-state index in [2.05, 4.69) is 5.32 Å². The average molecular weight is 244 g/mol. The van der Waals surface area contributed by atoms with Crippen LogP contribution in [0, 0.1) is 0 Å². The van der Waals surface area contributed by atoms with Gasteiger partial charge in [0.1, 0.15) is 5.75 Å². The Morgan fingerprint density at radius 3 is 2.88 bits per heavy atom. The van der Waals surface area contributed by atoms with E-state index in [1.54, 1.807) is 7.11 Å². The third-order valence-corrected chi connectivity index (χ3v) is 2.46. The Kier molecular flexibility index (Phi) is 6.04. The SMILES string of the molecule is CCOCCCNc1ccc(Cl)c(OC)c1. The molecule has 4 heteroatoms. The molecule has 16 heavy (non-hydrogen) atoms. The van der Waals surface area contributed by atoms with Gasteiger partial charge in [-0.25, -0.2) is 0 Å². The molecule has 0 aromatic heterocycles. The summed E-state index contributed by atoms with van der Waals surface area (Å²) in [5.41, 5.74) is 1.01. The molecule has 0 aliphatic heterocycles. The lowest BCUT2D eigenvalue weighted by molar-refractivity contribution is 0.147. The zero-order valence-electron chi connectivity index (χ0n) is 9.75. The lowest BCUT2D eigenvalue weighted by Gasteiger charge is -2.09. The fourth-order valence-corrected chi connectivity index (χ4v) is 1.52. The predicted molar refractivity (Wildman–Crippen MR) is 67.6 cm³/mol. The van der Waals surface area contributed by atoms with E-state index < -0.39 is 0 Å². The predicted octanol–water partition coefficient (Wildman–Crippen LogP) is 3.19. The van der Waals surface area contributed by atoms with Crippen LogP contribution in [0.1, 0.15) is 13.3 Å². The van der Waals surface area contributed by atoms with Crippen LogP contribution >= 0.6 is 11.6 Å². The minimum atomic E-state index is 0.627. The molecule has 0 spiro atoms. The Hall–Kier alpha value is -0.930. The molecule has 0 unspecified atom stereocenters. The van der Waals surface area contributed by atoms with Gasteiger partial charge in [0.25, 0.3) is 0 Å². The molecule has 0 aliphatic rings. The topological polar surface area (TPSA) is 30.5 Å². The Morgan fingerprint density at radius 1 is 1.38 bits per heavy atom. The summed E-state index contributed by atoms with van der Waals surface area (Å²) in [6, 6.07) is 5.65. The second-order valence-corrected chi connectivity index (χ2v) is 3.73. The molecule has 0 radical (unpaired) electrons. The highest BCUT2D eigenvalue weighted by Crippen LogP contribution is 2.27. The van der Waals surface area contributed by atoms with Gasteiger partial charge in [-0.3, -0.25) is 0 Å². The van der Waals surface area contributed by atoms with E-state index in [1.807, 2.05) is 25.1 Å². The molecule has 1 rings (SSSR count). The van der Waals surface area contributed by atoms with Gasteiger partial charge in [0.15, 0.2) is 0 Å². The van der Waals surface area contributed by atoms with Crippen LogP contribution in [0.15, 0.2) is 18.2 Å². The zero-order valence-corrected chi connectivity index (χ0v) is 10.5. The molecular weight excluding hydrogens is 226 g/mol. The quantitative estimate of drug-likeness (QED) is 0.746. The van der Waals surface area contributed by atoms with E-state index in [0.717, 1.165) is 31.9 Å². The second kappa shape index (κ2) is 7.36. The summed E-state index contributed by atoms with van der Waals surface area (Å²) in [4.78, 5) is 0. The summed E-state index contributed by atoms with van der Waals surface area (Å²) >= 11 is 5.93. The van der Waals surface area contributed by atoms with Crippen molar-refractivity contribution >= 4 is 17.3 Å². The van der Waals surface area contributed by atoms with Crippen molar-refractivity contribution in [2.75, 3.05) is 32.2 Å². The molecule has 0 aliphatic carbocycles. The van der Waals surface area contributed by atoms with E-state index in [9.17, 15) is 0 Å². The second-order valence-electron chi connectivity index (χ2n) is 3.33. The lowest BCUT2D eigenvalue weighted by Crippen LogP contribution is -2.05. The molecular formula is C12H18ClNO2. The maximum atomic E-state index is 5.93. The van der Waals surface area contributed by atoms with Crippen LogP contribution in [-0.2, 0) is 4.74 Å². The van der Waals surface area contributed by atoms with Gasteiger partial charge in [0, 0.05) is 31.5 Å². The first-order valence-corrected chi connectivity index (χ1v) is 5.81. The first kappa shape index (κ1) is 13.1. The number of nitrogens with one attached hydrogen (secondary N) is 1. The minimum Gasteiger partial charge on any atom is -0.495 e. The maximum absolute atomic E-state index is 5.93. The van der Waals surface area contributed by atoms with E-state index in [0.29, 0.717) is 10.8 Å². The van der Waals surface area contributed by atoms with Crippen LogP contribution in [0.5, 0.6) is 5.75 Å². The Morgan fingerprint density at radius 2 is 2.19 bits per heavy atom. The number of hydrogen-bond donors (Lipinski definition) is 1. The van der Waals surface area contributed by atoms with Gasteiger partial charge >= 0.3 is 0 Å². The number of halogens is 1. The normalized spacial score (nSPS) is 10.2. The van der Waals surface area contributed by atoms with Crippen molar-refractivity contribution in [2.45, 2.75) is 13.3 Å². The molecule has 3 nitrogen and oxygen atoms in total. The van der Waals surface area contributed by atoms with Crippen molar-refractivity contribution in [1.29, 1.82) is 0 Å². The summed E-state index contributed by atoms with van der Waals surface area (Å²) in [5, 5.41) is 3.91. The van der Waals surface area contributed by atoms with Gasteiger partial charge in [0.05, 0.1) is 12.1 Å². The minimum absolute atomic E-state index is 0.627. The van der Waals surface area contributed by atoms with E-state index in [4.69, 9.17) is 21.1 Å². The van der Waals surface area contributed by atoms with Crippen LogP contribution in [0.25, 0.3) is 0 Å². The van der Waals surface area contributed by atoms with Gasteiger partial charge < -0.3 is 14.8 Å². The third-order valence-electron chi connectivity index (χ3n) is 2.15. The van der Waals surface area contributed by atoms with Crippen LogP contribution in [0.3, 0.4) is 0 Å². The number of hydrogen-bond acceptors (Lipinski definition) is 3. The van der Waals surface area contributed by atoms with Gasteiger partial charge in [-0.1, -0.05) is 11.6 Å². The zero-order chi connectivity index (χ0) is 11.8. The number of benzene rings is 1. The van der Waals surface area contributed by atoms with Crippen molar-refractivity contribution in [1.82, 2.24) is 0 Å². The molecule has 1 aromatic carbocycles. The first-order chi connectivity index (χ1) is 7.77. The van der Waals surface area contributed by atoms with Crippen molar-refractivity contribution in [2.24, 2.45) is 0 Å². The Labute approximate surface area is 102 Å². The van der Waals surface area contributed by atoms with E-state index in [1.165, 1.54) is 0 Å². The van der Waals surface area contributed by atoms with Crippen molar-refractivity contribution in [3.63, 3.8) is 0 Å². The number of ether oxygens (including phenoxy) is 2. The molecule has 0 saturated carbocycles. The largest absolute Gasteiger partial charge is 0.495 e. The van der Waals surface area contributed by atoms with Gasteiger partial charge in [0.2, 0.25) is 0 Å². The number of methoxy groups -OCH3 is 1. The van der Waals surface area contributed by atoms with E-state index in [-0.39, 0.29) is 0 Å². The summed E-state index contributed by atoms with van der Waals surface area (Å²) in [7, 11) is 1.61. The average Bonchev–Trinajstić information content (AvgIpc) is 2.31. The van der Waals surface area contributed by atoms with E-state index >= 15 is 0 Å². The summed E-state index contributed by atoms with van der Waals surface area (Å²) < 4.78 is 10.4. The lowest BCUT2D eigenvalue weighted by atomic mass is 10.3. The summed E-state index contributed by atoms with van der Waals surface area (Å²) in [6.45, 7) is 4.44. The molecule has 1 aromatic rings. The molecule has 1 N–H and O–H groups in total. The molecule has 0 heterocycles. The fraction of sp³-hybridized carbons (Fsp3) is 0.500.